The van der Waals surface area contributed by atoms with Crippen LogP contribution < -0.4 is 0 Å². The molecule has 27 heavy (non-hydrogen) atoms. The van der Waals surface area contributed by atoms with Crippen molar-refractivity contribution in [1.82, 2.24) is 24.6 Å². The summed E-state index contributed by atoms with van der Waals surface area (Å²) in [6.45, 7) is 6.71. The number of benzene rings is 1. The van der Waals surface area contributed by atoms with Crippen LogP contribution in [0.3, 0.4) is 0 Å². The fourth-order valence-electron chi connectivity index (χ4n) is 3.07. The smallest absolute Gasteiger partial charge is 0.0662 e. The summed E-state index contributed by atoms with van der Waals surface area (Å²) in [7, 11) is 4.23. The highest BCUT2D eigenvalue weighted by Crippen LogP contribution is 2.14. The monoisotopic (exact) mass is 363 g/mol. The van der Waals surface area contributed by atoms with Crippen LogP contribution in [-0.4, -0.2) is 51.7 Å². The number of hydrogen-bond acceptors (Lipinski definition) is 4. The fraction of sp³-hybridized carbons (Fsp3) is 0.364. The van der Waals surface area contributed by atoms with Gasteiger partial charge in [0, 0.05) is 43.6 Å². The van der Waals surface area contributed by atoms with Crippen LogP contribution in [0.4, 0.5) is 0 Å². The molecule has 2 aromatic heterocycles. The Labute approximate surface area is 162 Å². The fourth-order valence-corrected chi connectivity index (χ4v) is 3.07. The Morgan fingerprint density at radius 3 is 2.41 bits per heavy atom. The maximum Gasteiger partial charge on any atom is 0.0662 e. The van der Waals surface area contributed by atoms with Crippen molar-refractivity contribution in [2.75, 3.05) is 27.2 Å². The molecule has 0 saturated carbocycles. The molecule has 3 aromatic rings. The van der Waals surface area contributed by atoms with Crippen LogP contribution >= 0.6 is 0 Å². The van der Waals surface area contributed by atoms with Crippen LogP contribution in [0.1, 0.15) is 22.5 Å². The maximum atomic E-state index is 4.63. The summed E-state index contributed by atoms with van der Waals surface area (Å²) in [6.07, 6.45) is 3.88. The predicted molar refractivity (Wildman–Crippen MR) is 109 cm³/mol. The highest BCUT2D eigenvalue weighted by molar-refractivity contribution is 5.20. The minimum absolute atomic E-state index is 0.810. The molecular formula is C22H29N5. The quantitative estimate of drug-likeness (QED) is 0.585. The Bertz CT molecular complexity index is 811. The number of hydrogen-bond donors (Lipinski definition) is 0. The zero-order chi connectivity index (χ0) is 19.1. The molecule has 0 unspecified atom stereocenters. The first kappa shape index (κ1) is 19.3. The van der Waals surface area contributed by atoms with E-state index in [0.717, 1.165) is 38.4 Å². The third-order valence-electron chi connectivity index (χ3n) is 4.75. The van der Waals surface area contributed by atoms with E-state index in [2.05, 4.69) is 82.0 Å². The molecule has 0 saturated heterocycles. The van der Waals surface area contributed by atoms with Gasteiger partial charge in [0.15, 0.2) is 0 Å². The molecule has 0 spiro atoms. The van der Waals surface area contributed by atoms with E-state index in [9.17, 15) is 0 Å². The topological polar surface area (TPSA) is 37.2 Å². The van der Waals surface area contributed by atoms with E-state index in [1.165, 1.54) is 16.8 Å². The minimum atomic E-state index is 0.810. The summed E-state index contributed by atoms with van der Waals surface area (Å²) in [4.78, 5) is 9.16. The molecule has 0 N–H and O–H groups in total. The van der Waals surface area contributed by atoms with Crippen LogP contribution in [0.5, 0.6) is 0 Å². The van der Waals surface area contributed by atoms with Gasteiger partial charge >= 0.3 is 0 Å². The van der Waals surface area contributed by atoms with Crippen molar-refractivity contribution >= 4 is 0 Å². The van der Waals surface area contributed by atoms with Gasteiger partial charge in [0.2, 0.25) is 0 Å². The van der Waals surface area contributed by atoms with Gasteiger partial charge in [0.25, 0.3) is 0 Å². The first-order chi connectivity index (χ1) is 13.1. The van der Waals surface area contributed by atoms with Gasteiger partial charge in [-0.1, -0.05) is 36.4 Å². The number of pyridine rings is 1. The van der Waals surface area contributed by atoms with E-state index < -0.39 is 0 Å². The predicted octanol–water partition coefficient (Wildman–Crippen LogP) is 3.20. The van der Waals surface area contributed by atoms with Crippen LogP contribution in [-0.2, 0) is 19.6 Å². The van der Waals surface area contributed by atoms with Crippen LogP contribution in [0.15, 0.2) is 60.9 Å². The molecule has 3 rings (SSSR count). The zero-order valence-electron chi connectivity index (χ0n) is 16.5. The highest BCUT2D eigenvalue weighted by atomic mass is 15.3. The molecule has 0 aliphatic rings. The standard InChI is InChI=1S/C22H29N5/c1-19-21(15-24-27(19)16-20-9-5-4-6-10-20)17-26(14-13-25(2)3)18-22-11-7-8-12-23-22/h4-12,15H,13-14,16-18H2,1-3H3. The Hall–Kier alpha value is -2.50. The molecule has 1 aromatic carbocycles. The van der Waals surface area contributed by atoms with Gasteiger partial charge < -0.3 is 4.90 Å². The van der Waals surface area contributed by atoms with Gasteiger partial charge in [-0.05, 0) is 38.7 Å². The summed E-state index contributed by atoms with van der Waals surface area (Å²) in [5.74, 6) is 0. The second-order valence-corrected chi connectivity index (χ2v) is 7.23. The molecular weight excluding hydrogens is 334 g/mol. The minimum Gasteiger partial charge on any atom is -0.308 e. The summed E-state index contributed by atoms with van der Waals surface area (Å²) < 4.78 is 2.09. The molecule has 0 radical (unpaired) electrons. The lowest BCUT2D eigenvalue weighted by Gasteiger charge is -2.23. The number of nitrogens with zero attached hydrogens (tertiary/aromatic N) is 5. The average Bonchev–Trinajstić information content (AvgIpc) is 3.01. The van der Waals surface area contributed by atoms with Crippen LogP contribution in [0, 0.1) is 6.92 Å². The largest absolute Gasteiger partial charge is 0.308 e. The highest BCUT2D eigenvalue weighted by Gasteiger charge is 2.13. The van der Waals surface area contributed by atoms with E-state index in [4.69, 9.17) is 0 Å². The summed E-state index contributed by atoms with van der Waals surface area (Å²) in [5.41, 5.74) is 4.88. The lowest BCUT2D eigenvalue weighted by molar-refractivity contribution is 0.223. The number of rotatable bonds is 9. The summed E-state index contributed by atoms with van der Waals surface area (Å²) in [6, 6.07) is 16.6. The molecule has 0 atom stereocenters. The Kier molecular flexibility index (Phi) is 6.74. The van der Waals surface area contributed by atoms with E-state index in [1.807, 2.05) is 24.5 Å². The molecule has 5 nitrogen and oxygen atoms in total. The maximum absolute atomic E-state index is 4.63. The van der Waals surface area contributed by atoms with E-state index in [-0.39, 0.29) is 0 Å². The van der Waals surface area contributed by atoms with Gasteiger partial charge in [-0.25, -0.2) is 0 Å². The van der Waals surface area contributed by atoms with E-state index >= 15 is 0 Å². The summed E-state index contributed by atoms with van der Waals surface area (Å²) >= 11 is 0. The Balaban J connectivity index is 1.71. The lowest BCUT2D eigenvalue weighted by atomic mass is 10.2. The first-order valence-electron chi connectivity index (χ1n) is 9.44. The second kappa shape index (κ2) is 9.44. The Morgan fingerprint density at radius 1 is 0.926 bits per heavy atom. The van der Waals surface area contributed by atoms with Crippen molar-refractivity contribution < 1.29 is 0 Å². The normalized spacial score (nSPS) is 11.4. The third-order valence-corrected chi connectivity index (χ3v) is 4.75. The van der Waals surface area contributed by atoms with Crippen molar-refractivity contribution in [3.63, 3.8) is 0 Å². The SMILES string of the molecule is Cc1c(CN(CCN(C)C)Cc2ccccn2)cnn1Cc1ccccc1. The molecule has 0 fully saturated rings. The second-order valence-electron chi connectivity index (χ2n) is 7.23. The first-order valence-corrected chi connectivity index (χ1v) is 9.44. The van der Waals surface area contributed by atoms with E-state index in [0.29, 0.717) is 0 Å². The van der Waals surface area contributed by atoms with Gasteiger partial charge in [-0.15, -0.1) is 0 Å². The van der Waals surface area contributed by atoms with Gasteiger partial charge in [-0.3, -0.25) is 14.6 Å². The van der Waals surface area contributed by atoms with Crippen molar-refractivity contribution in [1.29, 1.82) is 0 Å². The van der Waals surface area contributed by atoms with Gasteiger partial charge in [0.05, 0.1) is 18.4 Å². The third kappa shape index (κ3) is 5.74. The average molecular weight is 364 g/mol. The van der Waals surface area contributed by atoms with Gasteiger partial charge in [-0.2, -0.15) is 5.10 Å². The molecule has 0 bridgehead atoms. The molecule has 0 amide bonds. The van der Waals surface area contributed by atoms with Crippen LogP contribution in [0.2, 0.25) is 0 Å². The molecule has 142 valence electrons. The molecule has 0 aliphatic heterocycles. The zero-order valence-corrected chi connectivity index (χ0v) is 16.5. The van der Waals surface area contributed by atoms with Crippen molar-refractivity contribution in [3.8, 4) is 0 Å². The lowest BCUT2D eigenvalue weighted by Crippen LogP contribution is -2.31. The van der Waals surface area contributed by atoms with Gasteiger partial charge in [0.1, 0.15) is 0 Å². The molecule has 5 heteroatoms. The van der Waals surface area contributed by atoms with Crippen molar-refractivity contribution in [2.24, 2.45) is 0 Å². The number of aromatic nitrogens is 3. The van der Waals surface area contributed by atoms with E-state index in [1.54, 1.807) is 0 Å². The molecule has 0 aliphatic carbocycles. The Morgan fingerprint density at radius 2 is 1.70 bits per heavy atom. The summed E-state index contributed by atoms with van der Waals surface area (Å²) in [5, 5.41) is 4.63. The van der Waals surface area contributed by atoms with Crippen molar-refractivity contribution in [2.45, 2.75) is 26.6 Å². The number of likely N-dealkylation sites (N-methyl/N-ethyl adjacent to an activating group) is 1. The van der Waals surface area contributed by atoms with Crippen molar-refractivity contribution in [3.05, 3.63) is 83.4 Å². The van der Waals surface area contributed by atoms with Crippen LogP contribution in [0.25, 0.3) is 0 Å². The molecule has 2 heterocycles.